The van der Waals surface area contributed by atoms with E-state index in [0.717, 1.165) is 34.6 Å². The third-order valence-corrected chi connectivity index (χ3v) is 4.58. The first-order valence-electron chi connectivity index (χ1n) is 7.11. The van der Waals surface area contributed by atoms with Crippen LogP contribution in [0.5, 0.6) is 0 Å². The average Bonchev–Trinajstić information content (AvgIpc) is 2.90. The number of nitrogen functional groups attached to an aromatic ring is 1. The zero-order chi connectivity index (χ0) is 14.8. The van der Waals surface area contributed by atoms with Crippen LogP contribution < -0.4 is 11.1 Å². The first-order valence-corrected chi connectivity index (χ1v) is 7.93. The zero-order valence-corrected chi connectivity index (χ0v) is 13.0. The SMILES string of the molecule is CCc1cccc(Nc2nc(N)nc3sc(CC)cc23)c1. The van der Waals surface area contributed by atoms with Crippen molar-refractivity contribution in [1.82, 2.24) is 9.97 Å². The third kappa shape index (κ3) is 2.83. The van der Waals surface area contributed by atoms with E-state index in [-0.39, 0.29) is 0 Å². The Bertz CT molecular complexity index is 779. The normalized spacial score (nSPS) is 11.0. The minimum absolute atomic E-state index is 0.307. The monoisotopic (exact) mass is 298 g/mol. The number of benzene rings is 1. The maximum Gasteiger partial charge on any atom is 0.223 e. The highest BCUT2D eigenvalue weighted by molar-refractivity contribution is 7.18. The summed E-state index contributed by atoms with van der Waals surface area (Å²) in [4.78, 5) is 10.9. The zero-order valence-electron chi connectivity index (χ0n) is 12.2. The number of anilines is 3. The van der Waals surface area contributed by atoms with Gasteiger partial charge in [0.15, 0.2) is 0 Å². The highest BCUT2D eigenvalue weighted by Gasteiger charge is 2.10. The van der Waals surface area contributed by atoms with E-state index in [0.29, 0.717) is 5.95 Å². The van der Waals surface area contributed by atoms with Gasteiger partial charge < -0.3 is 11.1 Å². The van der Waals surface area contributed by atoms with Gasteiger partial charge in [-0.15, -0.1) is 11.3 Å². The molecule has 1 aromatic carbocycles. The van der Waals surface area contributed by atoms with Gasteiger partial charge in [0.1, 0.15) is 10.6 Å². The lowest BCUT2D eigenvalue weighted by Crippen LogP contribution is -2.00. The van der Waals surface area contributed by atoms with Crippen molar-refractivity contribution >= 4 is 39.0 Å². The Balaban J connectivity index is 2.04. The Morgan fingerprint density at radius 3 is 2.76 bits per heavy atom. The Hall–Kier alpha value is -2.14. The van der Waals surface area contributed by atoms with Gasteiger partial charge in [-0.3, -0.25) is 0 Å². The Morgan fingerprint density at radius 2 is 2.00 bits per heavy atom. The smallest absolute Gasteiger partial charge is 0.223 e. The number of nitrogens with two attached hydrogens (primary N) is 1. The summed E-state index contributed by atoms with van der Waals surface area (Å²) in [5, 5.41) is 4.41. The number of nitrogens with one attached hydrogen (secondary N) is 1. The van der Waals surface area contributed by atoms with Crippen molar-refractivity contribution in [1.29, 1.82) is 0 Å². The summed E-state index contributed by atoms with van der Waals surface area (Å²) in [5.74, 6) is 1.09. The minimum Gasteiger partial charge on any atom is -0.368 e. The van der Waals surface area contributed by atoms with E-state index < -0.39 is 0 Å². The number of hydrogen-bond acceptors (Lipinski definition) is 5. The van der Waals surface area contributed by atoms with Gasteiger partial charge in [-0.05, 0) is 36.6 Å². The quantitative estimate of drug-likeness (QED) is 0.759. The van der Waals surface area contributed by atoms with Crippen LogP contribution in [0.2, 0.25) is 0 Å². The summed E-state index contributed by atoms with van der Waals surface area (Å²) in [6, 6.07) is 10.5. The summed E-state index contributed by atoms with van der Waals surface area (Å²) in [5.41, 5.74) is 8.15. The molecule has 3 rings (SSSR count). The predicted molar refractivity (Wildman–Crippen MR) is 90.3 cm³/mol. The van der Waals surface area contributed by atoms with Crippen LogP contribution in [0.15, 0.2) is 30.3 Å². The van der Waals surface area contributed by atoms with Gasteiger partial charge in [-0.2, -0.15) is 4.98 Å². The number of hydrogen-bond donors (Lipinski definition) is 2. The van der Waals surface area contributed by atoms with E-state index in [4.69, 9.17) is 5.73 Å². The van der Waals surface area contributed by atoms with Crippen LogP contribution in [-0.2, 0) is 12.8 Å². The maximum atomic E-state index is 5.83. The summed E-state index contributed by atoms with van der Waals surface area (Å²) >= 11 is 1.67. The van der Waals surface area contributed by atoms with Gasteiger partial charge in [0.25, 0.3) is 0 Å². The molecular weight excluding hydrogens is 280 g/mol. The second kappa shape index (κ2) is 5.69. The van der Waals surface area contributed by atoms with Crippen LogP contribution in [0.4, 0.5) is 17.5 Å². The van der Waals surface area contributed by atoms with Crippen LogP contribution in [-0.4, -0.2) is 9.97 Å². The van der Waals surface area contributed by atoms with Crippen molar-refractivity contribution in [2.24, 2.45) is 0 Å². The number of thiophene rings is 1. The number of fused-ring (bicyclic) bond motifs is 1. The minimum atomic E-state index is 0.307. The Morgan fingerprint density at radius 1 is 1.14 bits per heavy atom. The third-order valence-electron chi connectivity index (χ3n) is 3.41. The highest BCUT2D eigenvalue weighted by Crippen LogP contribution is 2.31. The van der Waals surface area contributed by atoms with E-state index in [1.54, 1.807) is 11.3 Å². The van der Waals surface area contributed by atoms with Gasteiger partial charge in [-0.25, -0.2) is 4.98 Å². The number of rotatable bonds is 4. The molecule has 3 N–H and O–H groups in total. The fourth-order valence-electron chi connectivity index (χ4n) is 2.26. The molecule has 21 heavy (non-hydrogen) atoms. The number of aromatic nitrogens is 2. The molecule has 0 aliphatic carbocycles. The largest absolute Gasteiger partial charge is 0.368 e. The summed E-state index contributed by atoms with van der Waals surface area (Å²) < 4.78 is 0. The molecule has 0 atom stereocenters. The molecule has 108 valence electrons. The predicted octanol–water partition coefficient (Wildman–Crippen LogP) is 4.14. The Kier molecular flexibility index (Phi) is 3.75. The molecule has 0 fully saturated rings. The van der Waals surface area contributed by atoms with Crippen LogP contribution in [0.3, 0.4) is 0 Å². The average molecular weight is 298 g/mol. The molecule has 2 heterocycles. The fraction of sp³-hybridized carbons (Fsp3) is 0.250. The van der Waals surface area contributed by atoms with E-state index in [1.807, 2.05) is 12.1 Å². The lowest BCUT2D eigenvalue weighted by molar-refractivity contribution is 1.14. The van der Waals surface area contributed by atoms with Crippen LogP contribution in [0.1, 0.15) is 24.3 Å². The second-order valence-electron chi connectivity index (χ2n) is 4.89. The standard InChI is InChI=1S/C16H18N4S/c1-3-10-6-5-7-11(8-10)18-14-13-9-12(4-2)21-15(13)20-16(17)19-14/h5-9H,3-4H2,1-2H3,(H3,17,18,19,20). The van der Waals surface area contributed by atoms with Crippen molar-refractivity contribution in [3.05, 3.63) is 40.8 Å². The van der Waals surface area contributed by atoms with E-state index in [9.17, 15) is 0 Å². The van der Waals surface area contributed by atoms with Crippen molar-refractivity contribution in [2.45, 2.75) is 26.7 Å². The van der Waals surface area contributed by atoms with Gasteiger partial charge in [0, 0.05) is 10.6 Å². The molecule has 0 spiro atoms. The highest BCUT2D eigenvalue weighted by atomic mass is 32.1. The van der Waals surface area contributed by atoms with Gasteiger partial charge >= 0.3 is 0 Å². The van der Waals surface area contributed by atoms with E-state index >= 15 is 0 Å². The number of nitrogens with zero attached hydrogens (tertiary/aromatic N) is 2. The van der Waals surface area contributed by atoms with Crippen molar-refractivity contribution in [2.75, 3.05) is 11.1 Å². The van der Waals surface area contributed by atoms with Crippen LogP contribution >= 0.6 is 11.3 Å². The molecule has 0 saturated heterocycles. The molecule has 2 aromatic heterocycles. The van der Waals surface area contributed by atoms with E-state index in [2.05, 4.69) is 47.3 Å². The van der Waals surface area contributed by atoms with Crippen molar-refractivity contribution < 1.29 is 0 Å². The first kappa shape index (κ1) is 13.8. The molecule has 3 aromatic rings. The molecule has 0 bridgehead atoms. The molecular formula is C16H18N4S. The molecule has 4 nitrogen and oxygen atoms in total. The van der Waals surface area contributed by atoms with Crippen molar-refractivity contribution in [3.63, 3.8) is 0 Å². The van der Waals surface area contributed by atoms with Gasteiger partial charge in [0.2, 0.25) is 5.95 Å². The number of aryl methyl sites for hydroxylation is 2. The maximum absolute atomic E-state index is 5.83. The van der Waals surface area contributed by atoms with Gasteiger partial charge in [0.05, 0.1) is 5.39 Å². The molecule has 0 radical (unpaired) electrons. The molecule has 0 aliphatic rings. The topological polar surface area (TPSA) is 63.8 Å². The lowest BCUT2D eigenvalue weighted by atomic mass is 10.1. The summed E-state index contributed by atoms with van der Waals surface area (Å²) in [6.45, 7) is 4.28. The van der Waals surface area contributed by atoms with Crippen LogP contribution in [0, 0.1) is 0 Å². The molecule has 0 unspecified atom stereocenters. The van der Waals surface area contributed by atoms with Crippen molar-refractivity contribution in [3.8, 4) is 0 Å². The summed E-state index contributed by atoms with van der Waals surface area (Å²) in [6.07, 6.45) is 2.00. The summed E-state index contributed by atoms with van der Waals surface area (Å²) in [7, 11) is 0. The molecule has 0 amide bonds. The van der Waals surface area contributed by atoms with E-state index in [1.165, 1.54) is 10.4 Å². The lowest BCUT2D eigenvalue weighted by Gasteiger charge is -2.08. The van der Waals surface area contributed by atoms with Gasteiger partial charge in [-0.1, -0.05) is 26.0 Å². The molecule has 0 saturated carbocycles. The first-order chi connectivity index (χ1) is 10.2. The Labute approximate surface area is 128 Å². The van der Waals surface area contributed by atoms with Crippen LogP contribution in [0.25, 0.3) is 10.2 Å². The molecule has 0 aliphatic heterocycles. The fourth-order valence-corrected chi connectivity index (χ4v) is 3.24. The second-order valence-corrected chi connectivity index (χ2v) is 6.01. The molecule has 5 heteroatoms.